The van der Waals surface area contributed by atoms with Gasteiger partial charge in [-0.15, -0.1) is 11.3 Å². The van der Waals surface area contributed by atoms with E-state index in [0.29, 0.717) is 6.54 Å². The highest BCUT2D eigenvalue weighted by Gasteiger charge is 2.14. The summed E-state index contributed by atoms with van der Waals surface area (Å²) in [7, 11) is 0. The molecule has 0 amide bonds. The molecule has 0 aliphatic heterocycles. The third-order valence-corrected chi connectivity index (χ3v) is 4.21. The number of aliphatic hydroxyl groups excluding tert-OH is 1. The molecule has 4 N–H and O–H groups in total. The largest absolute Gasteiger partial charge is 0.392 e. The molecule has 6 heteroatoms. The second kappa shape index (κ2) is 5.17. The number of thiophene rings is 1. The van der Waals surface area contributed by atoms with Crippen LogP contribution in [0.1, 0.15) is 17.4 Å². The SMILES string of the molecule is Cc1sc2ncnc(NCC(N)C(C)O)c2c1C. The summed E-state index contributed by atoms with van der Waals surface area (Å²) in [5.41, 5.74) is 7.00. The number of nitrogens with two attached hydrogens (primary N) is 1. The van der Waals surface area contributed by atoms with Gasteiger partial charge in [0.15, 0.2) is 0 Å². The van der Waals surface area contributed by atoms with Gasteiger partial charge in [-0.25, -0.2) is 9.97 Å². The van der Waals surface area contributed by atoms with Crippen LogP contribution in [-0.2, 0) is 0 Å². The summed E-state index contributed by atoms with van der Waals surface area (Å²) in [6.07, 6.45) is 1.01. The quantitative estimate of drug-likeness (QED) is 0.779. The predicted molar refractivity (Wildman–Crippen MR) is 75.0 cm³/mol. The first-order chi connectivity index (χ1) is 8.50. The molecule has 18 heavy (non-hydrogen) atoms. The lowest BCUT2D eigenvalue weighted by molar-refractivity contribution is 0.168. The zero-order chi connectivity index (χ0) is 13.3. The van der Waals surface area contributed by atoms with Crippen molar-refractivity contribution in [2.45, 2.75) is 32.9 Å². The average molecular weight is 266 g/mol. The van der Waals surface area contributed by atoms with Gasteiger partial charge in [0.25, 0.3) is 0 Å². The maximum absolute atomic E-state index is 9.38. The Labute approximate surface area is 110 Å². The molecule has 0 saturated heterocycles. The van der Waals surface area contributed by atoms with Gasteiger partial charge >= 0.3 is 0 Å². The minimum atomic E-state index is -0.542. The lowest BCUT2D eigenvalue weighted by atomic mass is 10.2. The second-order valence-electron chi connectivity index (χ2n) is 4.47. The Kier molecular flexibility index (Phi) is 3.79. The Morgan fingerprint density at radius 2 is 2.17 bits per heavy atom. The first kappa shape index (κ1) is 13.2. The number of nitrogens with one attached hydrogen (secondary N) is 1. The molecule has 2 aromatic heterocycles. The van der Waals surface area contributed by atoms with Gasteiger partial charge in [-0.2, -0.15) is 0 Å². The van der Waals surface area contributed by atoms with Gasteiger partial charge in [0.2, 0.25) is 0 Å². The van der Waals surface area contributed by atoms with Gasteiger partial charge in [0.1, 0.15) is 17.0 Å². The van der Waals surface area contributed by atoms with Gasteiger partial charge in [-0.3, -0.25) is 0 Å². The topological polar surface area (TPSA) is 84.1 Å². The first-order valence-electron chi connectivity index (χ1n) is 5.89. The Hall–Kier alpha value is -1.24. The fourth-order valence-electron chi connectivity index (χ4n) is 1.70. The monoisotopic (exact) mass is 266 g/mol. The second-order valence-corrected chi connectivity index (χ2v) is 5.67. The van der Waals surface area contributed by atoms with Gasteiger partial charge in [0.05, 0.1) is 11.5 Å². The lowest BCUT2D eigenvalue weighted by Gasteiger charge is -2.16. The molecule has 98 valence electrons. The average Bonchev–Trinajstić information content (AvgIpc) is 2.62. The van der Waals surface area contributed by atoms with Crippen LogP contribution in [0.3, 0.4) is 0 Å². The van der Waals surface area contributed by atoms with Crippen molar-refractivity contribution in [2.24, 2.45) is 5.73 Å². The summed E-state index contributed by atoms with van der Waals surface area (Å²) in [6.45, 7) is 6.31. The summed E-state index contributed by atoms with van der Waals surface area (Å²) >= 11 is 1.66. The van der Waals surface area contributed by atoms with Crippen molar-refractivity contribution in [1.29, 1.82) is 0 Å². The zero-order valence-corrected chi connectivity index (χ0v) is 11.6. The van der Waals surface area contributed by atoms with Gasteiger partial charge in [0, 0.05) is 17.5 Å². The van der Waals surface area contributed by atoms with Crippen molar-refractivity contribution in [1.82, 2.24) is 9.97 Å². The van der Waals surface area contributed by atoms with Crippen LogP contribution in [-0.4, -0.2) is 33.8 Å². The maximum Gasteiger partial charge on any atom is 0.138 e. The number of hydrogen-bond donors (Lipinski definition) is 3. The van der Waals surface area contributed by atoms with Crippen LogP contribution in [0, 0.1) is 13.8 Å². The van der Waals surface area contributed by atoms with Gasteiger partial charge < -0.3 is 16.2 Å². The van der Waals surface area contributed by atoms with E-state index in [9.17, 15) is 5.11 Å². The Balaban J connectivity index is 2.28. The highest BCUT2D eigenvalue weighted by molar-refractivity contribution is 7.18. The molecule has 2 rings (SSSR count). The van der Waals surface area contributed by atoms with Crippen molar-refractivity contribution in [3.63, 3.8) is 0 Å². The van der Waals surface area contributed by atoms with E-state index >= 15 is 0 Å². The van der Waals surface area contributed by atoms with Crippen LogP contribution in [0.15, 0.2) is 6.33 Å². The molecule has 0 spiro atoms. The minimum absolute atomic E-state index is 0.310. The summed E-state index contributed by atoms with van der Waals surface area (Å²) in [6, 6.07) is -0.310. The summed E-state index contributed by atoms with van der Waals surface area (Å²) in [4.78, 5) is 10.8. The van der Waals surface area contributed by atoms with Crippen LogP contribution < -0.4 is 11.1 Å². The van der Waals surface area contributed by atoms with E-state index in [-0.39, 0.29) is 6.04 Å². The van der Waals surface area contributed by atoms with Gasteiger partial charge in [-0.1, -0.05) is 0 Å². The molecule has 0 saturated carbocycles. The molecule has 2 aromatic rings. The van der Waals surface area contributed by atoms with Crippen LogP contribution >= 0.6 is 11.3 Å². The molecule has 2 atom stereocenters. The summed E-state index contributed by atoms with van der Waals surface area (Å²) in [5, 5.41) is 13.6. The predicted octanol–water partition coefficient (Wildman–Crippen LogP) is 1.43. The molecule has 2 heterocycles. The molecule has 0 aliphatic carbocycles. The van der Waals surface area contributed by atoms with Crippen molar-refractivity contribution < 1.29 is 5.11 Å². The number of nitrogens with zero attached hydrogens (tertiary/aromatic N) is 2. The van der Waals surface area contributed by atoms with Crippen LogP contribution in [0.25, 0.3) is 10.2 Å². The van der Waals surface area contributed by atoms with E-state index < -0.39 is 6.10 Å². The molecule has 0 radical (unpaired) electrons. The number of rotatable bonds is 4. The number of aliphatic hydroxyl groups is 1. The molecular weight excluding hydrogens is 248 g/mol. The summed E-state index contributed by atoms with van der Waals surface area (Å²) in [5.74, 6) is 0.790. The highest BCUT2D eigenvalue weighted by Crippen LogP contribution is 2.32. The Morgan fingerprint density at radius 1 is 1.44 bits per heavy atom. The number of aromatic nitrogens is 2. The molecule has 5 nitrogen and oxygen atoms in total. The standard InChI is InChI=1S/C12H18N4OS/c1-6-8(3)18-12-10(6)11(15-5-16-12)14-4-9(13)7(2)17/h5,7,9,17H,4,13H2,1-3H3,(H,14,15,16). The Bertz CT molecular complexity index is 552. The van der Waals surface area contributed by atoms with E-state index in [2.05, 4.69) is 29.1 Å². The lowest BCUT2D eigenvalue weighted by Crippen LogP contribution is -2.38. The molecule has 0 bridgehead atoms. The highest BCUT2D eigenvalue weighted by atomic mass is 32.1. The smallest absolute Gasteiger partial charge is 0.138 e. The molecule has 0 fully saturated rings. The number of aryl methyl sites for hydroxylation is 2. The molecule has 0 aromatic carbocycles. The van der Waals surface area contributed by atoms with Crippen molar-refractivity contribution >= 4 is 27.4 Å². The summed E-state index contributed by atoms with van der Waals surface area (Å²) < 4.78 is 0. The van der Waals surface area contributed by atoms with Crippen LogP contribution in [0.5, 0.6) is 0 Å². The number of anilines is 1. The van der Waals surface area contributed by atoms with Crippen molar-refractivity contribution in [3.05, 3.63) is 16.8 Å². The normalized spacial score (nSPS) is 14.7. The van der Waals surface area contributed by atoms with Crippen molar-refractivity contribution in [2.75, 3.05) is 11.9 Å². The number of fused-ring (bicyclic) bond motifs is 1. The third-order valence-electron chi connectivity index (χ3n) is 3.09. The number of hydrogen-bond acceptors (Lipinski definition) is 6. The zero-order valence-electron chi connectivity index (χ0n) is 10.8. The molecule has 0 aliphatic rings. The molecular formula is C12H18N4OS. The van der Waals surface area contributed by atoms with E-state index in [0.717, 1.165) is 16.0 Å². The Morgan fingerprint density at radius 3 is 2.83 bits per heavy atom. The third kappa shape index (κ3) is 2.45. The van der Waals surface area contributed by atoms with E-state index in [1.807, 2.05) is 0 Å². The van der Waals surface area contributed by atoms with E-state index in [1.54, 1.807) is 24.6 Å². The van der Waals surface area contributed by atoms with Crippen LogP contribution in [0.4, 0.5) is 5.82 Å². The van der Waals surface area contributed by atoms with Crippen LogP contribution in [0.2, 0.25) is 0 Å². The van der Waals surface area contributed by atoms with Gasteiger partial charge in [-0.05, 0) is 26.3 Å². The fourth-order valence-corrected chi connectivity index (χ4v) is 2.70. The molecule has 2 unspecified atom stereocenters. The fraction of sp³-hybridized carbons (Fsp3) is 0.500. The first-order valence-corrected chi connectivity index (χ1v) is 6.70. The van der Waals surface area contributed by atoms with Crippen molar-refractivity contribution in [3.8, 4) is 0 Å². The van der Waals surface area contributed by atoms with E-state index in [1.165, 1.54) is 10.4 Å². The van der Waals surface area contributed by atoms with E-state index in [4.69, 9.17) is 5.73 Å². The minimum Gasteiger partial charge on any atom is -0.392 e. The maximum atomic E-state index is 9.38.